The van der Waals surface area contributed by atoms with Gasteiger partial charge in [-0.1, -0.05) is 52.3 Å². The Balaban J connectivity index is 2.71. The van der Waals surface area contributed by atoms with E-state index in [1.54, 1.807) is 12.1 Å². The molecule has 1 N–H and O–H groups in total. The molecule has 0 spiro atoms. The summed E-state index contributed by atoms with van der Waals surface area (Å²) in [5.74, 6) is 0.775. The van der Waals surface area contributed by atoms with Gasteiger partial charge in [-0.2, -0.15) is 0 Å². The molecule has 0 saturated carbocycles. The normalized spacial score (nSPS) is 13.8. The summed E-state index contributed by atoms with van der Waals surface area (Å²) in [6.45, 7) is 13.1. The number of halogens is 2. The van der Waals surface area contributed by atoms with Crippen LogP contribution in [0.25, 0.3) is 0 Å². The van der Waals surface area contributed by atoms with Crippen LogP contribution in [0.2, 0.25) is 5.02 Å². The molecule has 1 aromatic rings. The minimum absolute atomic E-state index is 0.181. The molecule has 1 nitrogen and oxygen atoms in total. The zero-order valence-electron chi connectivity index (χ0n) is 13.3. The van der Waals surface area contributed by atoms with E-state index in [1.165, 1.54) is 0 Å². The lowest BCUT2D eigenvalue weighted by molar-refractivity contribution is 0.228. The van der Waals surface area contributed by atoms with Gasteiger partial charge < -0.3 is 5.32 Å². The largest absolute Gasteiger partial charge is 0.316 e. The molecule has 0 aliphatic rings. The molecule has 0 aromatic heterocycles. The molecule has 0 saturated heterocycles. The van der Waals surface area contributed by atoms with Crippen LogP contribution in [0.4, 0.5) is 4.39 Å². The quantitative estimate of drug-likeness (QED) is 0.785. The molecule has 1 unspecified atom stereocenters. The van der Waals surface area contributed by atoms with Gasteiger partial charge in [0.2, 0.25) is 0 Å². The molecule has 0 amide bonds. The molecule has 0 bridgehead atoms. The Morgan fingerprint density at radius 2 is 1.85 bits per heavy atom. The van der Waals surface area contributed by atoms with Crippen molar-refractivity contribution in [1.29, 1.82) is 0 Å². The monoisotopic (exact) mass is 299 g/mol. The fourth-order valence-electron chi connectivity index (χ4n) is 2.18. The summed E-state index contributed by atoms with van der Waals surface area (Å²) in [6, 6.07) is 5.13. The first-order valence-electron chi connectivity index (χ1n) is 7.34. The van der Waals surface area contributed by atoms with E-state index in [0.29, 0.717) is 11.8 Å². The zero-order chi connectivity index (χ0) is 15.3. The number of hydrogen-bond acceptors (Lipinski definition) is 1. The van der Waals surface area contributed by atoms with Crippen molar-refractivity contribution in [1.82, 2.24) is 5.32 Å². The molecule has 0 fully saturated rings. The molecule has 0 aliphatic heterocycles. The van der Waals surface area contributed by atoms with Gasteiger partial charge in [0.25, 0.3) is 0 Å². The van der Waals surface area contributed by atoms with Crippen molar-refractivity contribution < 1.29 is 4.39 Å². The van der Waals surface area contributed by atoms with E-state index < -0.39 is 0 Å². The molecule has 1 rings (SSSR count). The third kappa shape index (κ3) is 5.80. The van der Waals surface area contributed by atoms with Gasteiger partial charge in [-0.15, -0.1) is 0 Å². The maximum absolute atomic E-state index is 13.5. The summed E-state index contributed by atoms with van der Waals surface area (Å²) in [6.07, 6.45) is 0.864. The lowest BCUT2D eigenvalue weighted by Crippen LogP contribution is -2.35. The highest BCUT2D eigenvalue weighted by Crippen LogP contribution is 2.29. The van der Waals surface area contributed by atoms with Gasteiger partial charge in [-0.3, -0.25) is 0 Å². The number of nitrogens with one attached hydrogen (secondary N) is 1. The standard InChI is InChI=1S/C17H27ClFN/c1-12(2)10-20-11-14(17(3,4)5)8-13-6-7-15(18)16(19)9-13/h6-7,9,12,14,20H,8,10-11H2,1-5H3. The number of benzene rings is 1. The maximum Gasteiger partial charge on any atom is 0.142 e. The fraction of sp³-hybridized carbons (Fsp3) is 0.647. The van der Waals surface area contributed by atoms with Crippen LogP contribution in [0, 0.1) is 23.1 Å². The lowest BCUT2D eigenvalue weighted by Gasteiger charge is -2.31. The molecule has 0 heterocycles. The summed E-state index contributed by atoms with van der Waals surface area (Å²) < 4.78 is 13.5. The van der Waals surface area contributed by atoms with Gasteiger partial charge in [-0.25, -0.2) is 4.39 Å². The van der Waals surface area contributed by atoms with Gasteiger partial charge in [-0.05, 0) is 54.5 Å². The van der Waals surface area contributed by atoms with Crippen molar-refractivity contribution in [2.24, 2.45) is 17.3 Å². The lowest BCUT2D eigenvalue weighted by atomic mass is 9.77. The fourth-order valence-corrected chi connectivity index (χ4v) is 2.30. The van der Waals surface area contributed by atoms with Gasteiger partial charge in [0, 0.05) is 0 Å². The van der Waals surface area contributed by atoms with E-state index in [-0.39, 0.29) is 16.3 Å². The third-order valence-electron chi connectivity index (χ3n) is 3.63. The Kier molecular flexibility index (Phi) is 6.47. The van der Waals surface area contributed by atoms with Crippen molar-refractivity contribution in [3.05, 3.63) is 34.6 Å². The third-order valence-corrected chi connectivity index (χ3v) is 3.94. The maximum atomic E-state index is 13.5. The Bertz CT molecular complexity index is 423. The highest BCUT2D eigenvalue weighted by atomic mass is 35.5. The van der Waals surface area contributed by atoms with Gasteiger partial charge in [0.05, 0.1) is 5.02 Å². The molecule has 3 heteroatoms. The average Bonchev–Trinajstić information content (AvgIpc) is 2.31. The van der Waals surface area contributed by atoms with E-state index in [9.17, 15) is 4.39 Å². The van der Waals surface area contributed by atoms with Crippen molar-refractivity contribution >= 4 is 11.6 Å². The Labute approximate surface area is 127 Å². The Morgan fingerprint density at radius 1 is 1.20 bits per heavy atom. The van der Waals surface area contributed by atoms with E-state index >= 15 is 0 Å². The smallest absolute Gasteiger partial charge is 0.142 e. The minimum atomic E-state index is -0.327. The van der Waals surface area contributed by atoms with Crippen molar-refractivity contribution in [3.8, 4) is 0 Å². The van der Waals surface area contributed by atoms with Crippen LogP contribution < -0.4 is 5.32 Å². The number of rotatable bonds is 6. The highest BCUT2D eigenvalue weighted by molar-refractivity contribution is 6.30. The number of hydrogen-bond donors (Lipinski definition) is 1. The predicted octanol–water partition coefficient (Wildman–Crippen LogP) is 4.93. The average molecular weight is 300 g/mol. The molecule has 1 aromatic carbocycles. The second-order valence-corrected chi connectivity index (χ2v) is 7.47. The summed E-state index contributed by atoms with van der Waals surface area (Å²) in [5, 5.41) is 3.71. The van der Waals surface area contributed by atoms with E-state index in [2.05, 4.69) is 39.9 Å². The second kappa shape index (κ2) is 7.42. The topological polar surface area (TPSA) is 12.0 Å². The van der Waals surface area contributed by atoms with Gasteiger partial charge >= 0.3 is 0 Å². The van der Waals surface area contributed by atoms with Crippen LogP contribution in [-0.2, 0) is 6.42 Å². The molecular weight excluding hydrogens is 273 g/mol. The SMILES string of the molecule is CC(C)CNCC(Cc1ccc(Cl)c(F)c1)C(C)(C)C. The first kappa shape index (κ1) is 17.5. The van der Waals surface area contributed by atoms with Crippen LogP contribution in [0.5, 0.6) is 0 Å². The van der Waals surface area contributed by atoms with E-state index in [4.69, 9.17) is 11.6 Å². The van der Waals surface area contributed by atoms with Gasteiger partial charge in [0.1, 0.15) is 5.82 Å². The van der Waals surface area contributed by atoms with Crippen LogP contribution in [0.3, 0.4) is 0 Å². The van der Waals surface area contributed by atoms with Crippen LogP contribution in [0.15, 0.2) is 18.2 Å². The van der Waals surface area contributed by atoms with Crippen molar-refractivity contribution in [2.75, 3.05) is 13.1 Å². The van der Waals surface area contributed by atoms with E-state index in [1.807, 2.05) is 6.07 Å². The molecular formula is C17H27ClFN. The summed E-state index contributed by atoms with van der Waals surface area (Å²) in [7, 11) is 0. The first-order chi connectivity index (χ1) is 9.20. The molecule has 114 valence electrons. The summed E-state index contributed by atoms with van der Waals surface area (Å²) in [5.41, 5.74) is 1.19. The van der Waals surface area contributed by atoms with Crippen molar-refractivity contribution in [3.63, 3.8) is 0 Å². The van der Waals surface area contributed by atoms with E-state index in [0.717, 1.165) is 25.1 Å². The summed E-state index contributed by atoms with van der Waals surface area (Å²) in [4.78, 5) is 0. The predicted molar refractivity (Wildman–Crippen MR) is 85.8 cm³/mol. The molecule has 0 radical (unpaired) electrons. The van der Waals surface area contributed by atoms with Crippen LogP contribution in [0.1, 0.15) is 40.2 Å². The molecule has 20 heavy (non-hydrogen) atoms. The summed E-state index contributed by atoms with van der Waals surface area (Å²) >= 11 is 5.74. The van der Waals surface area contributed by atoms with Gasteiger partial charge in [0.15, 0.2) is 0 Å². The first-order valence-corrected chi connectivity index (χ1v) is 7.72. The van der Waals surface area contributed by atoms with Crippen LogP contribution in [-0.4, -0.2) is 13.1 Å². The minimum Gasteiger partial charge on any atom is -0.316 e. The Hall–Kier alpha value is -0.600. The zero-order valence-corrected chi connectivity index (χ0v) is 14.0. The van der Waals surface area contributed by atoms with Crippen LogP contribution >= 0.6 is 11.6 Å². The Morgan fingerprint density at radius 3 is 2.35 bits per heavy atom. The van der Waals surface area contributed by atoms with Crippen molar-refractivity contribution in [2.45, 2.75) is 41.0 Å². The molecule has 0 aliphatic carbocycles. The molecule has 1 atom stereocenters. The second-order valence-electron chi connectivity index (χ2n) is 7.07. The highest BCUT2D eigenvalue weighted by Gasteiger charge is 2.24.